The Morgan fingerprint density at radius 1 is 1.07 bits per heavy atom. The van der Waals surface area contributed by atoms with Gasteiger partial charge in [0.25, 0.3) is 0 Å². The van der Waals surface area contributed by atoms with Gasteiger partial charge in [-0.25, -0.2) is 0 Å². The SMILES string of the molecule is CN=C(NCc1ccc(N2CC=CC2)cc1)NC1CCN(C2CCCC2)C1.I. The number of anilines is 1. The van der Waals surface area contributed by atoms with E-state index in [9.17, 15) is 0 Å². The smallest absolute Gasteiger partial charge is 0.191 e. The van der Waals surface area contributed by atoms with E-state index in [0.717, 1.165) is 38.2 Å². The Hall–Kier alpha value is -1.28. The summed E-state index contributed by atoms with van der Waals surface area (Å²) >= 11 is 0. The molecule has 2 aliphatic heterocycles. The molecule has 1 saturated carbocycles. The number of likely N-dealkylation sites (tertiary alicyclic amines) is 1. The molecule has 4 rings (SSSR count). The van der Waals surface area contributed by atoms with Gasteiger partial charge >= 0.3 is 0 Å². The first-order valence-electron chi connectivity index (χ1n) is 10.5. The van der Waals surface area contributed by atoms with Crippen LogP contribution < -0.4 is 15.5 Å². The van der Waals surface area contributed by atoms with Crippen molar-refractivity contribution in [2.45, 2.75) is 50.7 Å². The molecule has 2 N–H and O–H groups in total. The summed E-state index contributed by atoms with van der Waals surface area (Å²) in [6, 6.07) is 10.2. The van der Waals surface area contributed by atoms with Crippen molar-refractivity contribution in [2.24, 2.45) is 4.99 Å². The Kier molecular flexibility index (Phi) is 8.02. The van der Waals surface area contributed by atoms with Crippen LogP contribution in [0.3, 0.4) is 0 Å². The predicted octanol–water partition coefficient (Wildman–Crippen LogP) is 3.36. The van der Waals surface area contributed by atoms with Crippen molar-refractivity contribution in [3.63, 3.8) is 0 Å². The van der Waals surface area contributed by atoms with Gasteiger partial charge in [0.2, 0.25) is 0 Å². The summed E-state index contributed by atoms with van der Waals surface area (Å²) in [5.41, 5.74) is 2.58. The van der Waals surface area contributed by atoms with Crippen molar-refractivity contribution in [3.8, 4) is 0 Å². The fraction of sp³-hybridized carbons (Fsp3) is 0.591. The molecule has 0 aromatic heterocycles. The van der Waals surface area contributed by atoms with E-state index in [0.29, 0.717) is 6.04 Å². The average Bonchev–Trinajstić information content (AvgIpc) is 3.47. The minimum atomic E-state index is 0. The van der Waals surface area contributed by atoms with E-state index in [1.54, 1.807) is 0 Å². The van der Waals surface area contributed by atoms with Crippen LogP contribution in [0, 0.1) is 0 Å². The molecule has 1 aromatic carbocycles. The number of aliphatic imine (C=N–C) groups is 1. The van der Waals surface area contributed by atoms with E-state index in [1.807, 2.05) is 7.05 Å². The summed E-state index contributed by atoms with van der Waals surface area (Å²) in [7, 11) is 1.86. The Morgan fingerprint density at radius 2 is 1.79 bits per heavy atom. The van der Waals surface area contributed by atoms with Gasteiger partial charge in [0.1, 0.15) is 0 Å². The molecule has 3 aliphatic rings. The highest BCUT2D eigenvalue weighted by molar-refractivity contribution is 14.0. The van der Waals surface area contributed by atoms with Gasteiger partial charge in [0.15, 0.2) is 5.96 Å². The zero-order valence-electron chi connectivity index (χ0n) is 16.9. The molecule has 1 aliphatic carbocycles. The van der Waals surface area contributed by atoms with Crippen LogP contribution in [0.25, 0.3) is 0 Å². The highest BCUT2D eigenvalue weighted by Crippen LogP contribution is 2.26. The first-order valence-corrected chi connectivity index (χ1v) is 10.5. The van der Waals surface area contributed by atoms with Crippen LogP contribution in [-0.4, -0.2) is 56.2 Å². The minimum absolute atomic E-state index is 0. The van der Waals surface area contributed by atoms with Crippen molar-refractivity contribution in [1.82, 2.24) is 15.5 Å². The van der Waals surface area contributed by atoms with Gasteiger partial charge in [-0.1, -0.05) is 37.1 Å². The Balaban J connectivity index is 0.00000225. The quantitative estimate of drug-likeness (QED) is 0.285. The van der Waals surface area contributed by atoms with Gasteiger partial charge in [0, 0.05) is 57.5 Å². The van der Waals surface area contributed by atoms with Crippen molar-refractivity contribution >= 4 is 35.6 Å². The number of hydrogen-bond donors (Lipinski definition) is 2. The van der Waals surface area contributed by atoms with Gasteiger partial charge in [0.05, 0.1) is 0 Å². The van der Waals surface area contributed by atoms with Gasteiger partial charge in [-0.15, -0.1) is 24.0 Å². The van der Waals surface area contributed by atoms with E-state index in [1.165, 1.54) is 49.9 Å². The molecule has 0 amide bonds. The third-order valence-corrected chi connectivity index (χ3v) is 6.20. The van der Waals surface area contributed by atoms with Crippen LogP contribution in [0.15, 0.2) is 41.4 Å². The summed E-state index contributed by atoms with van der Waals surface area (Å²) in [6.07, 6.45) is 11.3. The molecule has 0 radical (unpaired) electrons. The lowest BCUT2D eigenvalue weighted by atomic mass is 10.2. The lowest BCUT2D eigenvalue weighted by molar-refractivity contribution is 0.242. The van der Waals surface area contributed by atoms with E-state index >= 15 is 0 Å². The highest BCUT2D eigenvalue weighted by atomic mass is 127. The molecule has 2 fully saturated rings. The van der Waals surface area contributed by atoms with Crippen molar-refractivity contribution in [3.05, 3.63) is 42.0 Å². The van der Waals surface area contributed by atoms with Crippen LogP contribution >= 0.6 is 24.0 Å². The highest BCUT2D eigenvalue weighted by Gasteiger charge is 2.30. The fourth-order valence-corrected chi connectivity index (χ4v) is 4.59. The lowest BCUT2D eigenvalue weighted by Crippen LogP contribution is -2.45. The second-order valence-corrected chi connectivity index (χ2v) is 8.03. The molecule has 1 saturated heterocycles. The zero-order valence-corrected chi connectivity index (χ0v) is 19.3. The average molecular weight is 495 g/mol. The van der Waals surface area contributed by atoms with Crippen molar-refractivity contribution < 1.29 is 0 Å². The third-order valence-electron chi connectivity index (χ3n) is 6.20. The number of hydrogen-bond acceptors (Lipinski definition) is 3. The standard InChI is InChI=1S/C22H33N5.HI/c1-23-22(25-19-12-15-27(17-19)20-6-2-3-7-20)24-16-18-8-10-21(11-9-18)26-13-4-5-14-26;/h4-5,8-11,19-20H,2-3,6-7,12-17H2,1H3,(H2,23,24,25);1H. The summed E-state index contributed by atoms with van der Waals surface area (Å²) in [5.74, 6) is 0.918. The molecule has 1 aromatic rings. The molecule has 28 heavy (non-hydrogen) atoms. The van der Waals surface area contributed by atoms with Crippen LogP contribution in [0.2, 0.25) is 0 Å². The molecule has 1 unspecified atom stereocenters. The summed E-state index contributed by atoms with van der Waals surface area (Å²) in [6.45, 7) is 5.23. The van der Waals surface area contributed by atoms with Gasteiger partial charge < -0.3 is 15.5 Å². The largest absolute Gasteiger partial charge is 0.364 e. The number of rotatable bonds is 5. The number of nitrogens with one attached hydrogen (secondary N) is 2. The monoisotopic (exact) mass is 495 g/mol. The summed E-state index contributed by atoms with van der Waals surface area (Å²) < 4.78 is 0. The molecule has 5 nitrogen and oxygen atoms in total. The van der Waals surface area contributed by atoms with E-state index in [-0.39, 0.29) is 24.0 Å². The van der Waals surface area contributed by atoms with E-state index < -0.39 is 0 Å². The maximum Gasteiger partial charge on any atom is 0.191 e. The summed E-state index contributed by atoms with van der Waals surface area (Å²) in [4.78, 5) is 9.48. The van der Waals surface area contributed by atoms with Crippen LogP contribution in [0.5, 0.6) is 0 Å². The number of halogens is 1. The first-order chi connectivity index (χ1) is 13.3. The molecule has 2 heterocycles. The second kappa shape index (κ2) is 10.5. The Morgan fingerprint density at radius 3 is 2.46 bits per heavy atom. The molecule has 0 spiro atoms. The predicted molar refractivity (Wildman–Crippen MR) is 129 cm³/mol. The fourth-order valence-electron chi connectivity index (χ4n) is 4.59. The number of nitrogens with zero attached hydrogens (tertiary/aromatic N) is 3. The first kappa shape index (κ1) is 21.4. The summed E-state index contributed by atoms with van der Waals surface area (Å²) in [5, 5.41) is 7.11. The third kappa shape index (κ3) is 5.41. The molecule has 0 bridgehead atoms. The van der Waals surface area contributed by atoms with Crippen molar-refractivity contribution in [1.29, 1.82) is 0 Å². The maximum atomic E-state index is 4.43. The minimum Gasteiger partial charge on any atom is -0.364 e. The zero-order chi connectivity index (χ0) is 18.5. The second-order valence-electron chi connectivity index (χ2n) is 8.03. The lowest BCUT2D eigenvalue weighted by Gasteiger charge is -2.24. The molecular weight excluding hydrogens is 461 g/mol. The number of guanidine groups is 1. The van der Waals surface area contributed by atoms with E-state index in [4.69, 9.17) is 0 Å². The van der Waals surface area contributed by atoms with Crippen LogP contribution in [0.4, 0.5) is 5.69 Å². The maximum absolute atomic E-state index is 4.43. The van der Waals surface area contributed by atoms with Crippen molar-refractivity contribution in [2.75, 3.05) is 38.1 Å². The van der Waals surface area contributed by atoms with Gasteiger partial charge in [-0.2, -0.15) is 0 Å². The van der Waals surface area contributed by atoms with Crippen LogP contribution in [0.1, 0.15) is 37.7 Å². The molecule has 1 atom stereocenters. The van der Waals surface area contributed by atoms with Gasteiger partial charge in [-0.3, -0.25) is 9.89 Å². The van der Waals surface area contributed by atoms with E-state index in [2.05, 4.69) is 61.8 Å². The topological polar surface area (TPSA) is 42.9 Å². The van der Waals surface area contributed by atoms with Crippen LogP contribution in [-0.2, 0) is 6.54 Å². The molecular formula is C22H34IN5. The Labute approximate surface area is 186 Å². The molecule has 154 valence electrons. The molecule has 6 heteroatoms. The van der Waals surface area contributed by atoms with Gasteiger partial charge in [-0.05, 0) is 37.0 Å². The Bertz CT molecular complexity index is 658. The normalized spacial score (nSPS) is 23.2. The number of benzene rings is 1.